The van der Waals surface area contributed by atoms with Gasteiger partial charge in [-0.05, 0) is 44.7 Å². The van der Waals surface area contributed by atoms with Gasteiger partial charge in [0.15, 0.2) is 15.5 Å². The lowest BCUT2D eigenvalue weighted by Crippen LogP contribution is -2.41. The molecule has 9 nitrogen and oxygen atoms in total. The maximum absolute atomic E-state index is 13.6. The smallest absolute Gasteiger partial charge is 0.274 e. The highest BCUT2D eigenvalue weighted by Gasteiger charge is 2.38. The highest BCUT2D eigenvalue weighted by atomic mass is 32.2. The first-order valence-corrected chi connectivity index (χ1v) is 14.8. The van der Waals surface area contributed by atoms with Crippen molar-refractivity contribution in [3.05, 3.63) is 35.5 Å². The van der Waals surface area contributed by atoms with Gasteiger partial charge in [-0.2, -0.15) is 5.10 Å². The molecule has 4 aliphatic rings. The summed E-state index contributed by atoms with van der Waals surface area (Å²) in [6, 6.07) is 7.84. The van der Waals surface area contributed by atoms with Gasteiger partial charge in [-0.25, -0.2) is 8.42 Å². The normalized spacial score (nSPS) is 25.1. The molecule has 36 heavy (non-hydrogen) atoms. The molecule has 194 valence electrons. The van der Waals surface area contributed by atoms with E-state index in [4.69, 9.17) is 14.6 Å². The summed E-state index contributed by atoms with van der Waals surface area (Å²) in [7, 11) is -3.56. The fourth-order valence-electron chi connectivity index (χ4n) is 6.21. The molecule has 0 aliphatic carbocycles. The second kappa shape index (κ2) is 9.89. The van der Waals surface area contributed by atoms with Crippen molar-refractivity contribution in [3.63, 3.8) is 0 Å². The van der Waals surface area contributed by atoms with E-state index in [2.05, 4.69) is 4.90 Å². The first-order chi connectivity index (χ1) is 17.5. The van der Waals surface area contributed by atoms with Crippen LogP contribution in [0.1, 0.15) is 54.2 Å². The van der Waals surface area contributed by atoms with Crippen molar-refractivity contribution in [3.8, 4) is 11.3 Å². The van der Waals surface area contributed by atoms with E-state index in [0.717, 1.165) is 64.1 Å². The predicted molar refractivity (Wildman–Crippen MR) is 134 cm³/mol. The number of hydrogen-bond donors (Lipinski definition) is 0. The minimum Gasteiger partial charge on any atom is -0.381 e. The maximum Gasteiger partial charge on any atom is 0.274 e. The van der Waals surface area contributed by atoms with Gasteiger partial charge >= 0.3 is 0 Å². The summed E-state index contributed by atoms with van der Waals surface area (Å²) in [4.78, 5) is 18.3. The Morgan fingerprint density at radius 1 is 0.889 bits per heavy atom. The summed E-state index contributed by atoms with van der Waals surface area (Å²) in [6.07, 6.45) is 5.07. The summed E-state index contributed by atoms with van der Waals surface area (Å²) in [6.45, 7) is 5.64. The third-order valence-corrected chi connectivity index (χ3v) is 9.80. The number of likely N-dealkylation sites (tertiary alicyclic amines) is 1. The van der Waals surface area contributed by atoms with Crippen LogP contribution in [0.5, 0.6) is 0 Å². The molecule has 0 bridgehead atoms. The number of benzene rings is 1. The third kappa shape index (κ3) is 4.38. The van der Waals surface area contributed by atoms with Crippen LogP contribution in [-0.2, 0) is 25.1 Å². The van der Waals surface area contributed by atoms with Crippen molar-refractivity contribution >= 4 is 15.7 Å². The summed E-state index contributed by atoms with van der Waals surface area (Å²) >= 11 is 0. The zero-order chi connectivity index (χ0) is 24.7. The first-order valence-electron chi connectivity index (χ1n) is 13.2. The second-order valence-corrected chi connectivity index (χ2v) is 12.2. The molecular weight excluding hydrogens is 480 g/mol. The average molecular weight is 515 g/mol. The predicted octanol–water partition coefficient (Wildman–Crippen LogP) is 2.52. The minimum atomic E-state index is -3.56. The molecule has 6 rings (SSSR count). The van der Waals surface area contributed by atoms with E-state index in [0.29, 0.717) is 48.4 Å². The number of morpholine rings is 1. The fourth-order valence-corrected chi connectivity index (χ4v) is 7.80. The Morgan fingerprint density at radius 2 is 1.64 bits per heavy atom. The molecule has 10 heteroatoms. The number of rotatable bonds is 3. The van der Waals surface area contributed by atoms with Gasteiger partial charge in [0.25, 0.3) is 5.91 Å². The van der Waals surface area contributed by atoms with Crippen LogP contribution < -0.4 is 0 Å². The second-order valence-electron chi connectivity index (χ2n) is 10.2. The lowest BCUT2D eigenvalue weighted by atomic mass is 10.0. The van der Waals surface area contributed by atoms with Gasteiger partial charge in [0.1, 0.15) is 0 Å². The van der Waals surface area contributed by atoms with Crippen LogP contribution in [0.15, 0.2) is 29.2 Å². The standard InChI is InChI=1S/C26H34N4O5S/c31-26(29-12-16-35-17-13-29)24-22-18-36(32,33)23-6-2-1-5-21(23)25(22)30(27-24)20-4-3-10-28(11-7-20)19-8-14-34-15-9-19/h1-2,5-6,19-20H,3-4,7-18H2/t20-/m1/s1. The van der Waals surface area contributed by atoms with E-state index < -0.39 is 9.84 Å². The molecule has 1 atom stereocenters. The molecule has 5 heterocycles. The van der Waals surface area contributed by atoms with E-state index in [9.17, 15) is 13.2 Å². The van der Waals surface area contributed by atoms with Crippen LogP contribution in [0.25, 0.3) is 11.3 Å². The lowest BCUT2D eigenvalue weighted by molar-refractivity contribution is 0.0297. The monoisotopic (exact) mass is 514 g/mol. The molecule has 4 aliphatic heterocycles. The largest absolute Gasteiger partial charge is 0.381 e. The van der Waals surface area contributed by atoms with Crippen LogP contribution in [0.2, 0.25) is 0 Å². The van der Waals surface area contributed by atoms with Crippen molar-refractivity contribution in [2.75, 3.05) is 52.6 Å². The lowest BCUT2D eigenvalue weighted by Gasteiger charge is -2.33. The number of hydrogen-bond acceptors (Lipinski definition) is 7. The van der Waals surface area contributed by atoms with Crippen LogP contribution >= 0.6 is 0 Å². The number of amides is 1. The number of carbonyl (C=O) groups excluding carboxylic acids is 1. The molecule has 0 spiro atoms. The van der Waals surface area contributed by atoms with E-state index in [1.54, 1.807) is 17.0 Å². The summed E-state index contributed by atoms with van der Waals surface area (Å²) < 4.78 is 39.5. The van der Waals surface area contributed by atoms with Crippen LogP contribution in [-0.4, -0.2) is 92.6 Å². The van der Waals surface area contributed by atoms with Crippen molar-refractivity contribution in [1.29, 1.82) is 0 Å². The molecule has 0 saturated carbocycles. The Bertz CT molecular complexity index is 1230. The Labute approximate surface area is 212 Å². The summed E-state index contributed by atoms with van der Waals surface area (Å²) in [5, 5.41) is 4.92. The van der Waals surface area contributed by atoms with E-state index >= 15 is 0 Å². The van der Waals surface area contributed by atoms with Gasteiger partial charge in [0, 0.05) is 50.0 Å². The summed E-state index contributed by atoms with van der Waals surface area (Å²) in [5.74, 6) is -0.383. The molecule has 1 amide bonds. The average Bonchev–Trinajstić information content (AvgIpc) is 3.10. The minimum absolute atomic E-state index is 0.115. The molecule has 1 aromatic heterocycles. The molecule has 3 fully saturated rings. The number of nitrogens with zero attached hydrogens (tertiary/aromatic N) is 4. The zero-order valence-corrected chi connectivity index (χ0v) is 21.4. The van der Waals surface area contributed by atoms with Crippen molar-refractivity contribution in [2.45, 2.75) is 54.8 Å². The van der Waals surface area contributed by atoms with E-state index in [-0.39, 0.29) is 23.4 Å². The fraction of sp³-hybridized carbons (Fsp3) is 0.615. The maximum atomic E-state index is 13.6. The third-order valence-electron chi connectivity index (χ3n) is 8.11. The molecule has 2 aromatic rings. The number of aromatic nitrogens is 2. The van der Waals surface area contributed by atoms with Crippen LogP contribution in [0.3, 0.4) is 0 Å². The first kappa shape index (κ1) is 24.1. The van der Waals surface area contributed by atoms with Gasteiger partial charge in [0.05, 0.1) is 35.6 Å². The zero-order valence-electron chi connectivity index (χ0n) is 20.6. The Kier molecular flexibility index (Phi) is 6.62. The van der Waals surface area contributed by atoms with E-state index in [1.807, 2.05) is 16.8 Å². The van der Waals surface area contributed by atoms with Gasteiger partial charge in [0.2, 0.25) is 0 Å². The highest BCUT2D eigenvalue weighted by molar-refractivity contribution is 7.90. The molecule has 0 radical (unpaired) electrons. The van der Waals surface area contributed by atoms with Gasteiger partial charge in [-0.1, -0.05) is 18.2 Å². The van der Waals surface area contributed by atoms with E-state index in [1.165, 1.54) is 0 Å². The number of sulfone groups is 1. The number of carbonyl (C=O) groups is 1. The Morgan fingerprint density at radius 3 is 2.44 bits per heavy atom. The SMILES string of the molecule is O=C(c1nn([C@@H]2CCCN(C3CCOCC3)CC2)c2c1CS(=O)(=O)c1ccccc1-2)N1CCOCC1. The summed E-state index contributed by atoms with van der Waals surface area (Å²) in [5.41, 5.74) is 2.31. The van der Waals surface area contributed by atoms with Crippen molar-refractivity contribution in [1.82, 2.24) is 19.6 Å². The number of ether oxygens (including phenoxy) is 2. The molecule has 0 unspecified atom stereocenters. The quantitative estimate of drug-likeness (QED) is 0.621. The van der Waals surface area contributed by atoms with Crippen molar-refractivity contribution < 1.29 is 22.7 Å². The molecule has 1 aromatic carbocycles. The topological polar surface area (TPSA) is 94.0 Å². The van der Waals surface area contributed by atoms with Crippen LogP contribution in [0, 0.1) is 0 Å². The molecule has 0 N–H and O–H groups in total. The van der Waals surface area contributed by atoms with Crippen LogP contribution in [0.4, 0.5) is 0 Å². The van der Waals surface area contributed by atoms with Gasteiger partial charge in [-0.15, -0.1) is 0 Å². The number of fused-ring (bicyclic) bond motifs is 3. The van der Waals surface area contributed by atoms with Gasteiger partial charge in [-0.3, -0.25) is 9.48 Å². The Hall–Kier alpha value is -2.27. The highest BCUT2D eigenvalue weighted by Crippen LogP contribution is 2.42. The van der Waals surface area contributed by atoms with Gasteiger partial charge < -0.3 is 19.3 Å². The van der Waals surface area contributed by atoms with Crippen molar-refractivity contribution in [2.24, 2.45) is 0 Å². The molecule has 3 saturated heterocycles. The molecular formula is C26H34N4O5S. The Balaban J connectivity index is 1.38.